The molecular formula is C16H14BrN3O5. The molecule has 0 radical (unpaired) electrons. The first-order chi connectivity index (χ1) is 11.9. The average molecular weight is 408 g/mol. The maximum absolute atomic E-state index is 12.0. The van der Waals surface area contributed by atoms with E-state index in [9.17, 15) is 19.7 Å². The number of carbonyl (C=O) groups excluding carboxylic acids is 2. The van der Waals surface area contributed by atoms with E-state index < -0.39 is 16.7 Å². The zero-order valence-corrected chi connectivity index (χ0v) is 14.7. The summed E-state index contributed by atoms with van der Waals surface area (Å²) in [5, 5.41) is 10.9. The summed E-state index contributed by atoms with van der Waals surface area (Å²) in [7, 11) is 0. The van der Waals surface area contributed by atoms with Crippen LogP contribution in [0.5, 0.6) is 5.75 Å². The van der Waals surface area contributed by atoms with Gasteiger partial charge in [-0.25, -0.2) is 0 Å². The van der Waals surface area contributed by atoms with Gasteiger partial charge in [0.2, 0.25) is 0 Å². The van der Waals surface area contributed by atoms with E-state index in [4.69, 9.17) is 4.74 Å². The molecule has 0 aliphatic carbocycles. The summed E-state index contributed by atoms with van der Waals surface area (Å²) < 4.78 is 6.13. The van der Waals surface area contributed by atoms with Crippen LogP contribution in [0, 0.1) is 17.0 Å². The van der Waals surface area contributed by atoms with Crippen molar-refractivity contribution in [2.45, 2.75) is 6.92 Å². The molecule has 0 fully saturated rings. The first-order valence-corrected chi connectivity index (χ1v) is 7.88. The number of carbonyl (C=O) groups is 2. The molecule has 25 heavy (non-hydrogen) atoms. The number of benzene rings is 2. The normalized spacial score (nSPS) is 10.0. The molecule has 2 amide bonds. The second kappa shape index (κ2) is 8.25. The summed E-state index contributed by atoms with van der Waals surface area (Å²) in [6, 6.07) is 10.9. The number of halogens is 1. The number of hydrogen-bond acceptors (Lipinski definition) is 5. The highest BCUT2D eigenvalue weighted by molar-refractivity contribution is 9.10. The average Bonchev–Trinajstić information content (AvgIpc) is 2.59. The summed E-state index contributed by atoms with van der Waals surface area (Å²) in [4.78, 5) is 33.9. The van der Waals surface area contributed by atoms with Gasteiger partial charge in [0.05, 0.1) is 4.92 Å². The van der Waals surface area contributed by atoms with Crippen molar-refractivity contribution in [1.82, 2.24) is 10.9 Å². The number of aryl methyl sites for hydroxylation is 1. The quantitative estimate of drug-likeness (QED) is 0.584. The van der Waals surface area contributed by atoms with Crippen LogP contribution in [0.1, 0.15) is 15.9 Å². The number of rotatable bonds is 5. The molecule has 0 heterocycles. The van der Waals surface area contributed by atoms with Crippen LogP contribution in [0.3, 0.4) is 0 Å². The first-order valence-electron chi connectivity index (χ1n) is 7.09. The molecule has 0 bridgehead atoms. The minimum atomic E-state index is -0.667. The van der Waals surface area contributed by atoms with Gasteiger partial charge in [0.15, 0.2) is 6.61 Å². The Labute approximate surface area is 151 Å². The Morgan fingerprint density at radius 3 is 2.48 bits per heavy atom. The van der Waals surface area contributed by atoms with Gasteiger partial charge in [-0.15, -0.1) is 0 Å². The zero-order chi connectivity index (χ0) is 18.4. The standard InChI is InChI=1S/C16H14BrN3O5/c1-10-2-3-11(8-14(10)20(23)24)16(22)19-18-15(21)9-25-13-6-4-12(17)5-7-13/h2-8H,9H2,1H3,(H,18,21)(H,19,22). The lowest BCUT2D eigenvalue weighted by Crippen LogP contribution is -2.43. The molecule has 0 unspecified atom stereocenters. The van der Waals surface area contributed by atoms with Gasteiger partial charge in [0.25, 0.3) is 17.5 Å². The van der Waals surface area contributed by atoms with Gasteiger partial charge >= 0.3 is 0 Å². The van der Waals surface area contributed by atoms with Crippen LogP contribution in [0.2, 0.25) is 0 Å². The van der Waals surface area contributed by atoms with Crippen LogP contribution in [-0.2, 0) is 4.79 Å². The Bertz CT molecular complexity index is 808. The molecule has 9 heteroatoms. The minimum Gasteiger partial charge on any atom is -0.484 e. The lowest BCUT2D eigenvalue weighted by molar-refractivity contribution is -0.385. The van der Waals surface area contributed by atoms with Crippen molar-refractivity contribution < 1.29 is 19.2 Å². The maximum atomic E-state index is 12.0. The Balaban J connectivity index is 1.87. The fourth-order valence-electron chi connectivity index (χ4n) is 1.86. The van der Waals surface area contributed by atoms with E-state index in [1.807, 2.05) is 0 Å². The fourth-order valence-corrected chi connectivity index (χ4v) is 2.13. The van der Waals surface area contributed by atoms with Crippen molar-refractivity contribution in [1.29, 1.82) is 0 Å². The lowest BCUT2D eigenvalue weighted by Gasteiger charge is -2.09. The maximum Gasteiger partial charge on any atom is 0.276 e. The number of hydrogen-bond donors (Lipinski definition) is 2. The van der Waals surface area contributed by atoms with Crippen molar-refractivity contribution in [3.05, 3.63) is 68.2 Å². The van der Waals surface area contributed by atoms with E-state index in [0.29, 0.717) is 11.3 Å². The van der Waals surface area contributed by atoms with Gasteiger partial charge in [0.1, 0.15) is 5.75 Å². The van der Waals surface area contributed by atoms with Crippen LogP contribution >= 0.6 is 15.9 Å². The molecule has 2 aromatic rings. The topological polar surface area (TPSA) is 111 Å². The van der Waals surface area contributed by atoms with Gasteiger partial charge in [0, 0.05) is 21.7 Å². The summed E-state index contributed by atoms with van der Waals surface area (Å²) in [6.45, 7) is 1.27. The number of nitrogens with zero attached hydrogens (tertiary/aromatic N) is 1. The molecule has 0 atom stereocenters. The van der Waals surface area contributed by atoms with Crippen molar-refractivity contribution in [3.63, 3.8) is 0 Å². The molecule has 130 valence electrons. The van der Waals surface area contributed by atoms with Gasteiger partial charge in [-0.2, -0.15) is 0 Å². The Morgan fingerprint density at radius 1 is 1.16 bits per heavy atom. The van der Waals surface area contributed by atoms with Crippen molar-refractivity contribution in [2.24, 2.45) is 0 Å². The fraction of sp³-hybridized carbons (Fsp3) is 0.125. The van der Waals surface area contributed by atoms with E-state index in [1.54, 1.807) is 31.2 Å². The van der Waals surface area contributed by atoms with Gasteiger partial charge in [-0.3, -0.25) is 30.6 Å². The molecule has 0 saturated heterocycles. The zero-order valence-electron chi connectivity index (χ0n) is 13.1. The van der Waals surface area contributed by atoms with Gasteiger partial charge in [-0.05, 0) is 37.3 Å². The second-order valence-electron chi connectivity index (χ2n) is 5.00. The van der Waals surface area contributed by atoms with E-state index in [0.717, 1.165) is 10.5 Å². The van der Waals surface area contributed by atoms with Crippen LogP contribution in [0.25, 0.3) is 0 Å². The third kappa shape index (κ3) is 5.28. The summed E-state index contributed by atoms with van der Waals surface area (Å²) in [5.41, 5.74) is 4.70. The van der Waals surface area contributed by atoms with Gasteiger partial charge < -0.3 is 4.74 Å². The predicted octanol–water partition coefficient (Wildman–Crippen LogP) is 2.51. The molecule has 8 nitrogen and oxygen atoms in total. The minimum absolute atomic E-state index is 0.0615. The van der Waals surface area contributed by atoms with Crippen LogP contribution in [-0.4, -0.2) is 23.3 Å². The number of ether oxygens (including phenoxy) is 1. The Kier molecular flexibility index (Phi) is 6.07. The Hall–Kier alpha value is -2.94. The second-order valence-corrected chi connectivity index (χ2v) is 5.92. The number of nitro benzene ring substituents is 1. The lowest BCUT2D eigenvalue weighted by atomic mass is 10.1. The van der Waals surface area contributed by atoms with Gasteiger partial charge in [-0.1, -0.05) is 22.0 Å². The number of amides is 2. The SMILES string of the molecule is Cc1ccc(C(=O)NNC(=O)COc2ccc(Br)cc2)cc1[N+](=O)[O-]. The molecule has 0 aliphatic heterocycles. The number of nitrogens with one attached hydrogen (secondary N) is 2. The molecule has 2 aromatic carbocycles. The molecular weight excluding hydrogens is 394 g/mol. The molecule has 0 aromatic heterocycles. The van der Waals surface area contributed by atoms with Crippen LogP contribution in [0.15, 0.2) is 46.9 Å². The number of nitro groups is 1. The summed E-state index contributed by atoms with van der Waals surface area (Å²) in [6.07, 6.45) is 0. The predicted molar refractivity (Wildman–Crippen MR) is 93.1 cm³/mol. The highest BCUT2D eigenvalue weighted by Gasteiger charge is 2.15. The molecule has 2 N–H and O–H groups in total. The van der Waals surface area contributed by atoms with Crippen LogP contribution in [0.4, 0.5) is 5.69 Å². The van der Waals surface area contributed by atoms with Crippen molar-refractivity contribution in [2.75, 3.05) is 6.61 Å². The molecule has 2 rings (SSSR count). The van der Waals surface area contributed by atoms with E-state index >= 15 is 0 Å². The van der Waals surface area contributed by atoms with Crippen molar-refractivity contribution >= 4 is 33.4 Å². The smallest absolute Gasteiger partial charge is 0.276 e. The third-order valence-electron chi connectivity index (χ3n) is 3.17. The summed E-state index contributed by atoms with van der Waals surface area (Å²) >= 11 is 3.28. The van der Waals surface area contributed by atoms with E-state index in [1.165, 1.54) is 12.1 Å². The van der Waals surface area contributed by atoms with E-state index in [2.05, 4.69) is 26.8 Å². The monoisotopic (exact) mass is 407 g/mol. The first kappa shape index (κ1) is 18.4. The molecule has 0 aliphatic rings. The highest BCUT2D eigenvalue weighted by atomic mass is 79.9. The molecule has 0 saturated carbocycles. The largest absolute Gasteiger partial charge is 0.484 e. The Morgan fingerprint density at radius 2 is 1.84 bits per heavy atom. The summed E-state index contributed by atoms with van der Waals surface area (Å²) in [5.74, 6) is -0.739. The van der Waals surface area contributed by atoms with E-state index in [-0.39, 0.29) is 17.9 Å². The van der Waals surface area contributed by atoms with Crippen LogP contribution < -0.4 is 15.6 Å². The highest BCUT2D eigenvalue weighted by Crippen LogP contribution is 2.19. The number of hydrazine groups is 1. The van der Waals surface area contributed by atoms with Crippen molar-refractivity contribution in [3.8, 4) is 5.75 Å². The third-order valence-corrected chi connectivity index (χ3v) is 3.70. The molecule has 0 spiro atoms.